The van der Waals surface area contributed by atoms with Gasteiger partial charge in [0.2, 0.25) is 11.8 Å². The Bertz CT molecular complexity index is 547. The number of nitrogens with zero attached hydrogens (tertiary/aromatic N) is 4. The number of rotatable bonds is 5. The molecule has 0 aromatic carbocycles. The number of carbonyl (C=O) groups excluding carboxylic acids is 2. The molecular formula is C20H38N6O2. The van der Waals surface area contributed by atoms with E-state index in [1.807, 2.05) is 18.7 Å². The van der Waals surface area contributed by atoms with Crippen LogP contribution in [0, 0.1) is 5.41 Å². The molecule has 2 rings (SSSR count). The van der Waals surface area contributed by atoms with Crippen LogP contribution in [0.2, 0.25) is 0 Å². The molecule has 2 aliphatic rings. The molecule has 0 saturated carbocycles. The third-order valence-electron chi connectivity index (χ3n) is 5.73. The van der Waals surface area contributed by atoms with Crippen molar-refractivity contribution in [1.29, 1.82) is 0 Å². The van der Waals surface area contributed by atoms with Gasteiger partial charge in [-0.05, 0) is 26.7 Å². The van der Waals surface area contributed by atoms with Crippen molar-refractivity contribution in [3.05, 3.63) is 0 Å². The molecule has 0 aromatic heterocycles. The van der Waals surface area contributed by atoms with E-state index in [9.17, 15) is 9.59 Å². The second kappa shape index (κ2) is 10.6. The minimum absolute atomic E-state index is 0.00676. The molecule has 0 atom stereocenters. The minimum Gasteiger partial charge on any atom is -0.359 e. The molecular weight excluding hydrogens is 356 g/mol. The fourth-order valence-electron chi connectivity index (χ4n) is 3.78. The molecule has 8 nitrogen and oxygen atoms in total. The van der Waals surface area contributed by atoms with Gasteiger partial charge in [-0.25, -0.2) is 0 Å². The molecule has 160 valence electrons. The van der Waals surface area contributed by atoms with E-state index in [1.54, 1.807) is 14.1 Å². The lowest BCUT2D eigenvalue weighted by molar-refractivity contribution is -0.132. The van der Waals surface area contributed by atoms with Crippen LogP contribution in [0.15, 0.2) is 4.99 Å². The van der Waals surface area contributed by atoms with Gasteiger partial charge in [0.05, 0.1) is 12.0 Å². The van der Waals surface area contributed by atoms with Crippen molar-refractivity contribution < 1.29 is 9.59 Å². The predicted molar refractivity (Wildman–Crippen MR) is 112 cm³/mol. The van der Waals surface area contributed by atoms with Crippen molar-refractivity contribution in [2.24, 2.45) is 10.4 Å². The third kappa shape index (κ3) is 6.36. The molecule has 0 unspecified atom stereocenters. The van der Waals surface area contributed by atoms with Crippen LogP contribution in [0.4, 0.5) is 0 Å². The molecule has 0 aromatic rings. The molecule has 2 aliphatic heterocycles. The molecule has 2 fully saturated rings. The van der Waals surface area contributed by atoms with Gasteiger partial charge in [0.1, 0.15) is 0 Å². The molecule has 28 heavy (non-hydrogen) atoms. The topological polar surface area (TPSA) is 80.3 Å². The van der Waals surface area contributed by atoms with Gasteiger partial charge < -0.3 is 20.4 Å². The number of hydrogen-bond acceptors (Lipinski definition) is 4. The van der Waals surface area contributed by atoms with Gasteiger partial charge >= 0.3 is 0 Å². The van der Waals surface area contributed by atoms with E-state index in [4.69, 9.17) is 0 Å². The molecule has 0 radical (unpaired) electrons. The zero-order valence-electron chi connectivity index (χ0n) is 18.1. The van der Waals surface area contributed by atoms with E-state index >= 15 is 0 Å². The Kier molecular flexibility index (Phi) is 8.54. The summed E-state index contributed by atoms with van der Waals surface area (Å²) in [5.74, 6) is 1.09. The van der Waals surface area contributed by atoms with Crippen LogP contribution in [-0.2, 0) is 9.59 Å². The van der Waals surface area contributed by atoms with Crippen molar-refractivity contribution in [2.75, 3.05) is 66.5 Å². The normalized spacial score (nSPS) is 19.9. The van der Waals surface area contributed by atoms with Crippen molar-refractivity contribution in [3.8, 4) is 0 Å². The summed E-state index contributed by atoms with van der Waals surface area (Å²) in [6, 6.07) is 0. The smallest absolute Gasteiger partial charge is 0.236 e. The quantitative estimate of drug-likeness (QED) is 0.520. The van der Waals surface area contributed by atoms with Crippen LogP contribution in [0.25, 0.3) is 0 Å². The Morgan fingerprint density at radius 1 is 0.929 bits per heavy atom. The highest BCUT2D eigenvalue weighted by molar-refractivity contribution is 5.84. The van der Waals surface area contributed by atoms with Gasteiger partial charge in [0, 0.05) is 59.9 Å². The highest BCUT2D eigenvalue weighted by atomic mass is 16.2. The fourth-order valence-corrected chi connectivity index (χ4v) is 3.78. The second-order valence-corrected chi connectivity index (χ2v) is 8.42. The minimum atomic E-state index is -0.508. The van der Waals surface area contributed by atoms with Crippen molar-refractivity contribution in [3.63, 3.8) is 0 Å². The Morgan fingerprint density at radius 2 is 1.54 bits per heavy atom. The predicted octanol–water partition coefficient (Wildman–Crippen LogP) is 0.354. The molecule has 2 N–H and O–H groups in total. The van der Waals surface area contributed by atoms with E-state index in [-0.39, 0.29) is 11.8 Å². The number of guanidine groups is 1. The zero-order valence-corrected chi connectivity index (χ0v) is 18.1. The van der Waals surface area contributed by atoms with Crippen LogP contribution in [-0.4, -0.2) is 98.9 Å². The molecule has 0 spiro atoms. The number of likely N-dealkylation sites (tertiary alicyclic amines) is 1. The van der Waals surface area contributed by atoms with Crippen LogP contribution < -0.4 is 10.6 Å². The first-order valence-electron chi connectivity index (χ1n) is 10.6. The average Bonchev–Trinajstić information content (AvgIpc) is 2.98. The van der Waals surface area contributed by atoms with Gasteiger partial charge in [-0.3, -0.25) is 19.5 Å². The summed E-state index contributed by atoms with van der Waals surface area (Å²) >= 11 is 0. The Hall–Kier alpha value is -1.83. The first-order chi connectivity index (χ1) is 13.4. The largest absolute Gasteiger partial charge is 0.359 e. The average molecular weight is 395 g/mol. The van der Waals surface area contributed by atoms with Crippen molar-refractivity contribution in [1.82, 2.24) is 25.3 Å². The number of carbonyl (C=O) groups is 2. The summed E-state index contributed by atoms with van der Waals surface area (Å²) in [4.78, 5) is 35.4. The fraction of sp³-hybridized carbons (Fsp3) is 0.850. The van der Waals surface area contributed by atoms with Crippen molar-refractivity contribution in [2.45, 2.75) is 39.5 Å². The maximum absolute atomic E-state index is 12.6. The monoisotopic (exact) mass is 394 g/mol. The van der Waals surface area contributed by atoms with Crippen LogP contribution in [0.3, 0.4) is 0 Å². The van der Waals surface area contributed by atoms with Crippen LogP contribution in [0.5, 0.6) is 0 Å². The maximum atomic E-state index is 12.6. The number of amides is 2. The summed E-state index contributed by atoms with van der Waals surface area (Å²) in [7, 11) is 3.43. The molecule has 0 bridgehead atoms. The summed E-state index contributed by atoms with van der Waals surface area (Å²) in [6.45, 7) is 10.0. The van der Waals surface area contributed by atoms with E-state index < -0.39 is 5.41 Å². The highest BCUT2D eigenvalue weighted by Crippen LogP contribution is 2.14. The SMILES string of the molecule is CN=C(NCC(C)(C)C(=O)NC)N1CCN(CC(=O)N2CCCCCC2)CC1. The number of aliphatic imine (C=N–C) groups is 1. The van der Waals surface area contributed by atoms with Gasteiger partial charge in [-0.2, -0.15) is 0 Å². The van der Waals surface area contributed by atoms with E-state index in [1.165, 1.54) is 12.8 Å². The molecule has 2 amide bonds. The second-order valence-electron chi connectivity index (χ2n) is 8.42. The van der Waals surface area contributed by atoms with Crippen molar-refractivity contribution >= 4 is 17.8 Å². The molecule has 8 heteroatoms. The molecule has 0 aliphatic carbocycles. The summed E-state index contributed by atoms with van der Waals surface area (Å²) in [5, 5.41) is 6.04. The summed E-state index contributed by atoms with van der Waals surface area (Å²) < 4.78 is 0. The first-order valence-corrected chi connectivity index (χ1v) is 10.6. The summed E-state index contributed by atoms with van der Waals surface area (Å²) in [5.41, 5.74) is -0.508. The Morgan fingerprint density at radius 3 is 2.07 bits per heavy atom. The first kappa shape index (κ1) is 22.5. The Labute approximate surface area is 169 Å². The molecule has 2 saturated heterocycles. The standard InChI is InChI=1S/C20H38N6O2/c1-20(2,18(28)21-3)16-23-19(22-4)26-13-11-24(12-14-26)15-17(27)25-9-7-5-6-8-10-25/h5-16H2,1-4H3,(H,21,28)(H,22,23). The van der Waals surface area contributed by atoms with E-state index in [0.29, 0.717) is 13.1 Å². The van der Waals surface area contributed by atoms with Gasteiger partial charge in [-0.1, -0.05) is 12.8 Å². The number of piperazine rings is 1. The van der Waals surface area contributed by atoms with Gasteiger partial charge in [-0.15, -0.1) is 0 Å². The van der Waals surface area contributed by atoms with Gasteiger partial charge in [0.25, 0.3) is 0 Å². The lowest BCUT2D eigenvalue weighted by atomic mass is 9.92. The van der Waals surface area contributed by atoms with Gasteiger partial charge in [0.15, 0.2) is 5.96 Å². The number of hydrogen-bond donors (Lipinski definition) is 2. The number of nitrogens with one attached hydrogen (secondary N) is 2. The Balaban J connectivity index is 1.78. The summed E-state index contributed by atoms with van der Waals surface area (Å²) in [6.07, 6.45) is 4.75. The third-order valence-corrected chi connectivity index (χ3v) is 5.73. The molecule has 2 heterocycles. The lowest BCUT2D eigenvalue weighted by Crippen LogP contribution is -2.55. The lowest BCUT2D eigenvalue weighted by Gasteiger charge is -2.37. The van der Waals surface area contributed by atoms with Crippen LogP contribution in [0.1, 0.15) is 39.5 Å². The maximum Gasteiger partial charge on any atom is 0.236 e. The van der Waals surface area contributed by atoms with Crippen LogP contribution >= 0.6 is 0 Å². The zero-order chi connectivity index (χ0) is 20.6. The van der Waals surface area contributed by atoms with E-state index in [0.717, 1.165) is 58.1 Å². The van der Waals surface area contributed by atoms with E-state index in [2.05, 4.69) is 25.4 Å². The highest BCUT2D eigenvalue weighted by Gasteiger charge is 2.28.